The maximum Gasteiger partial charge on any atom is 0.167 e. The van der Waals surface area contributed by atoms with Gasteiger partial charge in [0.1, 0.15) is 16.9 Å². The van der Waals surface area contributed by atoms with Crippen LogP contribution in [0.4, 0.5) is 0 Å². The summed E-state index contributed by atoms with van der Waals surface area (Å²) in [5, 5.41) is 13.4. The fraction of sp³-hybridized carbons (Fsp3) is 0.167. The molecule has 18 heavy (non-hydrogen) atoms. The first-order valence-corrected chi connectivity index (χ1v) is 5.55. The Balaban J connectivity index is 2.73. The number of rotatable bonds is 2. The zero-order valence-corrected chi connectivity index (χ0v) is 10.6. The van der Waals surface area contributed by atoms with Crippen molar-refractivity contribution in [2.75, 3.05) is 0 Å². The molecule has 0 aromatic carbocycles. The molecule has 2 aromatic heterocycles. The van der Waals surface area contributed by atoms with Gasteiger partial charge in [0.2, 0.25) is 0 Å². The number of Topliss-reactive ketones (excluding diaryl/α,β-unsaturated/α-hetero) is 1. The van der Waals surface area contributed by atoms with Crippen molar-refractivity contribution in [3.63, 3.8) is 0 Å². The van der Waals surface area contributed by atoms with E-state index in [1.54, 1.807) is 19.1 Å². The van der Waals surface area contributed by atoms with Gasteiger partial charge >= 0.3 is 0 Å². The monoisotopic (exact) mass is 260 g/mol. The van der Waals surface area contributed by atoms with Gasteiger partial charge < -0.3 is 0 Å². The number of nitrogens with zero attached hydrogens (tertiary/aromatic N) is 4. The van der Waals surface area contributed by atoms with E-state index in [2.05, 4.69) is 10.1 Å². The number of aromatic nitrogens is 3. The SMILES string of the molecule is CC(=O)c1ccc(Cl)nc1-n1nc(C)cc1C#N. The third-order valence-corrected chi connectivity index (χ3v) is 2.58. The van der Waals surface area contributed by atoms with E-state index in [1.165, 1.54) is 17.7 Å². The quantitative estimate of drug-likeness (QED) is 0.614. The summed E-state index contributed by atoms with van der Waals surface area (Å²) in [5.74, 6) is 0.117. The average molecular weight is 261 g/mol. The molecule has 5 nitrogen and oxygen atoms in total. The van der Waals surface area contributed by atoms with Gasteiger partial charge in [-0.15, -0.1) is 0 Å². The number of hydrogen-bond donors (Lipinski definition) is 0. The van der Waals surface area contributed by atoms with E-state index in [1.807, 2.05) is 6.07 Å². The van der Waals surface area contributed by atoms with Crippen molar-refractivity contribution >= 4 is 17.4 Å². The van der Waals surface area contributed by atoms with Gasteiger partial charge in [-0.3, -0.25) is 4.79 Å². The predicted octanol–water partition coefficient (Wildman–Crippen LogP) is 2.30. The van der Waals surface area contributed by atoms with Crippen molar-refractivity contribution in [1.82, 2.24) is 14.8 Å². The van der Waals surface area contributed by atoms with E-state index in [4.69, 9.17) is 16.9 Å². The Morgan fingerprint density at radius 3 is 2.83 bits per heavy atom. The normalized spacial score (nSPS) is 10.1. The summed E-state index contributed by atoms with van der Waals surface area (Å²) >= 11 is 5.83. The molecule has 2 rings (SSSR count). The van der Waals surface area contributed by atoms with Gasteiger partial charge in [-0.2, -0.15) is 10.4 Å². The summed E-state index contributed by atoms with van der Waals surface area (Å²) in [4.78, 5) is 15.6. The number of carbonyl (C=O) groups is 1. The van der Waals surface area contributed by atoms with Crippen molar-refractivity contribution < 1.29 is 4.79 Å². The van der Waals surface area contributed by atoms with Crippen LogP contribution in [0.3, 0.4) is 0 Å². The van der Waals surface area contributed by atoms with Crippen LogP contribution < -0.4 is 0 Å². The lowest BCUT2D eigenvalue weighted by molar-refractivity contribution is 0.101. The number of halogens is 1. The Hall–Kier alpha value is -2.19. The zero-order valence-electron chi connectivity index (χ0n) is 9.81. The smallest absolute Gasteiger partial charge is 0.167 e. The third kappa shape index (κ3) is 2.11. The van der Waals surface area contributed by atoms with E-state index < -0.39 is 0 Å². The topological polar surface area (TPSA) is 71.6 Å². The van der Waals surface area contributed by atoms with Crippen LogP contribution >= 0.6 is 11.6 Å². The van der Waals surface area contributed by atoms with Crippen LogP contribution in [0.2, 0.25) is 5.15 Å². The summed E-state index contributed by atoms with van der Waals surface area (Å²) in [5.41, 5.74) is 1.35. The number of carbonyl (C=O) groups excluding carboxylic acids is 1. The van der Waals surface area contributed by atoms with Gasteiger partial charge in [-0.1, -0.05) is 11.6 Å². The number of nitriles is 1. The lowest BCUT2D eigenvalue weighted by atomic mass is 10.2. The first-order chi connectivity index (χ1) is 8.52. The molecule has 2 heterocycles. The minimum Gasteiger partial charge on any atom is -0.294 e. The van der Waals surface area contributed by atoms with Crippen LogP contribution in [0.5, 0.6) is 0 Å². The fourth-order valence-electron chi connectivity index (χ4n) is 1.60. The molecule has 0 spiro atoms. The Morgan fingerprint density at radius 1 is 1.50 bits per heavy atom. The Morgan fingerprint density at radius 2 is 2.22 bits per heavy atom. The summed E-state index contributed by atoms with van der Waals surface area (Å²) < 4.78 is 1.33. The molecule has 0 unspecified atom stereocenters. The predicted molar refractivity (Wildman–Crippen MR) is 65.8 cm³/mol. The lowest BCUT2D eigenvalue weighted by Crippen LogP contribution is -2.09. The molecule has 0 radical (unpaired) electrons. The highest BCUT2D eigenvalue weighted by Crippen LogP contribution is 2.18. The van der Waals surface area contributed by atoms with Crippen LogP contribution in [0.1, 0.15) is 28.7 Å². The molecule has 0 bridgehead atoms. The first-order valence-electron chi connectivity index (χ1n) is 5.17. The number of aryl methyl sites for hydroxylation is 1. The Bertz CT molecular complexity index is 669. The Kier molecular flexibility index (Phi) is 3.13. The average Bonchev–Trinajstić information content (AvgIpc) is 2.69. The van der Waals surface area contributed by atoms with Gasteiger partial charge in [0.25, 0.3) is 0 Å². The van der Waals surface area contributed by atoms with Crippen LogP contribution in [0.25, 0.3) is 5.82 Å². The fourth-order valence-corrected chi connectivity index (χ4v) is 1.75. The third-order valence-electron chi connectivity index (χ3n) is 2.37. The summed E-state index contributed by atoms with van der Waals surface area (Å²) in [6.07, 6.45) is 0. The van der Waals surface area contributed by atoms with Gasteiger partial charge in [-0.05, 0) is 32.0 Å². The number of pyridine rings is 1. The highest BCUT2D eigenvalue weighted by atomic mass is 35.5. The highest BCUT2D eigenvalue weighted by molar-refractivity contribution is 6.29. The largest absolute Gasteiger partial charge is 0.294 e. The zero-order chi connectivity index (χ0) is 13.3. The van der Waals surface area contributed by atoms with Crippen LogP contribution in [-0.2, 0) is 0 Å². The number of hydrogen-bond acceptors (Lipinski definition) is 4. The Labute approximate surface area is 109 Å². The molecule has 90 valence electrons. The summed E-state index contributed by atoms with van der Waals surface area (Å²) in [6.45, 7) is 3.19. The van der Waals surface area contributed by atoms with Crippen molar-refractivity contribution in [3.05, 3.63) is 40.3 Å². The molecule has 0 aliphatic carbocycles. The molecule has 0 saturated heterocycles. The van der Waals surface area contributed by atoms with Gasteiger partial charge in [-0.25, -0.2) is 9.67 Å². The van der Waals surface area contributed by atoms with E-state index in [9.17, 15) is 4.79 Å². The molecule has 0 saturated carbocycles. The van der Waals surface area contributed by atoms with E-state index >= 15 is 0 Å². The molecule has 0 aliphatic heterocycles. The van der Waals surface area contributed by atoms with E-state index in [-0.39, 0.29) is 16.8 Å². The van der Waals surface area contributed by atoms with Crippen molar-refractivity contribution in [1.29, 1.82) is 5.26 Å². The molecule has 0 N–H and O–H groups in total. The van der Waals surface area contributed by atoms with Crippen LogP contribution in [-0.4, -0.2) is 20.5 Å². The van der Waals surface area contributed by atoms with Crippen LogP contribution in [0.15, 0.2) is 18.2 Å². The molecule has 0 atom stereocenters. The summed E-state index contributed by atoms with van der Waals surface area (Å²) in [6, 6.07) is 6.73. The second-order valence-corrected chi connectivity index (χ2v) is 4.14. The van der Waals surface area contributed by atoms with Crippen molar-refractivity contribution in [2.45, 2.75) is 13.8 Å². The molecular weight excluding hydrogens is 252 g/mol. The summed E-state index contributed by atoms with van der Waals surface area (Å²) in [7, 11) is 0. The molecular formula is C12H9ClN4O. The standard InChI is InChI=1S/C12H9ClN4O/c1-7-5-9(6-14)17(16-7)12-10(8(2)18)3-4-11(13)15-12/h3-5H,1-2H3. The maximum atomic E-state index is 11.6. The maximum absolute atomic E-state index is 11.6. The molecule has 0 fully saturated rings. The molecule has 0 amide bonds. The minimum atomic E-state index is -0.161. The van der Waals surface area contributed by atoms with Gasteiger partial charge in [0.05, 0.1) is 11.3 Å². The second kappa shape index (κ2) is 4.59. The van der Waals surface area contributed by atoms with E-state index in [0.29, 0.717) is 17.0 Å². The van der Waals surface area contributed by atoms with Gasteiger partial charge in [0, 0.05) is 0 Å². The lowest BCUT2D eigenvalue weighted by Gasteiger charge is -2.07. The van der Waals surface area contributed by atoms with Crippen molar-refractivity contribution in [3.8, 4) is 11.9 Å². The van der Waals surface area contributed by atoms with Crippen LogP contribution in [0, 0.1) is 18.3 Å². The van der Waals surface area contributed by atoms with E-state index in [0.717, 1.165) is 0 Å². The molecule has 0 aliphatic rings. The molecule has 2 aromatic rings. The molecule has 6 heteroatoms. The van der Waals surface area contributed by atoms with Gasteiger partial charge in [0.15, 0.2) is 11.6 Å². The van der Waals surface area contributed by atoms with Crippen molar-refractivity contribution in [2.24, 2.45) is 0 Å². The first kappa shape index (κ1) is 12.3. The minimum absolute atomic E-state index is 0.161. The number of ketones is 1. The second-order valence-electron chi connectivity index (χ2n) is 3.76. The highest BCUT2D eigenvalue weighted by Gasteiger charge is 2.15.